The van der Waals surface area contributed by atoms with Gasteiger partial charge < -0.3 is 14.9 Å². The molecule has 1 aromatic heterocycles. The maximum absolute atomic E-state index is 12.3. The first kappa shape index (κ1) is 15.1. The van der Waals surface area contributed by atoms with Crippen molar-refractivity contribution in [2.45, 2.75) is 19.4 Å². The Balaban J connectivity index is 1.86. The molecule has 2 heterocycles. The summed E-state index contributed by atoms with van der Waals surface area (Å²) in [5, 5.41) is 8.94. The van der Waals surface area contributed by atoms with Gasteiger partial charge in [-0.25, -0.2) is 4.79 Å². The Hall–Kier alpha value is -1.27. The van der Waals surface area contributed by atoms with E-state index in [2.05, 4.69) is 0 Å². The number of carbonyl (C=O) groups is 2. The van der Waals surface area contributed by atoms with Crippen molar-refractivity contribution in [1.29, 1.82) is 0 Å². The number of urea groups is 1. The smallest absolute Gasteiger partial charge is 0.320 e. The molecular formula is C13H17ClN2O3S. The second-order valence-electron chi connectivity index (χ2n) is 4.94. The van der Waals surface area contributed by atoms with E-state index in [4.69, 9.17) is 16.7 Å². The van der Waals surface area contributed by atoms with Gasteiger partial charge >= 0.3 is 12.0 Å². The lowest BCUT2D eigenvalue weighted by molar-refractivity contribution is -0.143. The number of hydrogen-bond donors (Lipinski definition) is 1. The number of rotatable bonds is 3. The van der Waals surface area contributed by atoms with Crippen LogP contribution in [0.2, 0.25) is 4.34 Å². The summed E-state index contributed by atoms with van der Waals surface area (Å²) in [5.41, 5.74) is 0. The highest BCUT2D eigenvalue weighted by molar-refractivity contribution is 7.16. The fourth-order valence-corrected chi connectivity index (χ4v) is 3.44. The molecule has 0 bridgehead atoms. The van der Waals surface area contributed by atoms with Crippen LogP contribution < -0.4 is 0 Å². The van der Waals surface area contributed by atoms with E-state index >= 15 is 0 Å². The number of amides is 2. The fourth-order valence-electron chi connectivity index (χ4n) is 2.30. The van der Waals surface area contributed by atoms with E-state index < -0.39 is 5.97 Å². The molecule has 1 saturated heterocycles. The van der Waals surface area contributed by atoms with Gasteiger partial charge in [0.05, 0.1) is 16.8 Å². The SMILES string of the molecule is CN(Cc1ccc(Cl)s1)C(=O)N1CCC(C(=O)O)CC1. The number of hydrogen-bond acceptors (Lipinski definition) is 3. The molecular weight excluding hydrogens is 300 g/mol. The summed E-state index contributed by atoms with van der Waals surface area (Å²) < 4.78 is 0.711. The second kappa shape index (κ2) is 6.45. The van der Waals surface area contributed by atoms with Gasteiger partial charge in [-0.3, -0.25) is 4.79 Å². The first-order valence-corrected chi connectivity index (χ1v) is 7.64. The molecule has 1 N–H and O–H groups in total. The van der Waals surface area contributed by atoms with E-state index in [0.29, 0.717) is 36.8 Å². The predicted molar refractivity (Wildman–Crippen MR) is 78.1 cm³/mol. The van der Waals surface area contributed by atoms with Gasteiger partial charge in [0.2, 0.25) is 0 Å². The van der Waals surface area contributed by atoms with E-state index in [0.717, 1.165) is 4.88 Å². The Labute approximate surface area is 126 Å². The molecule has 0 aromatic carbocycles. The van der Waals surface area contributed by atoms with Gasteiger partial charge in [0.25, 0.3) is 0 Å². The van der Waals surface area contributed by atoms with Crippen LogP contribution >= 0.6 is 22.9 Å². The molecule has 2 amide bonds. The number of likely N-dealkylation sites (tertiary alicyclic amines) is 1. The Morgan fingerprint density at radius 2 is 2.10 bits per heavy atom. The third-order valence-corrected chi connectivity index (χ3v) is 4.68. The predicted octanol–water partition coefficient (Wildman–Crippen LogP) is 2.75. The zero-order valence-corrected chi connectivity index (χ0v) is 12.8. The highest BCUT2D eigenvalue weighted by Crippen LogP contribution is 2.23. The molecule has 0 atom stereocenters. The molecule has 1 aliphatic heterocycles. The second-order valence-corrected chi connectivity index (χ2v) is 6.74. The maximum atomic E-state index is 12.3. The molecule has 7 heteroatoms. The number of carboxylic acids is 1. The molecule has 20 heavy (non-hydrogen) atoms. The summed E-state index contributed by atoms with van der Waals surface area (Å²) in [4.78, 5) is 27.5. The average molecular weight is 317 g/mol. The van der Waals surface area contributed by atoms with Gasteiger partial charge in [0, 0.05) is 25.0 Å². The molecule has 5 nitrogen and oxygen atoms in total. The summed E-state index contributed by atoms with van der Waals surface area (Å²) in [7, 11) is 1.75. The van der Waals surface area contributed by atoms with Crippen molar-refractivity contribution in [1.82, 2.24) is 9.80 Å². The standard InChI is InChI=1S/C13H17ClN2O3S/c1-15(8-10-2-3-11(14)20-10)13(19)16-6-4-9(5-7-16)12(17)18/h2-3,9H,4-8H2,1H3,(H,17,18). The van der Waals surface area contributed by atoms with E-state index in [1.165, 1.54) is 11.3 Å². The quantitative estimate of drug-likeness (QED) is 0.932. The zero-order chi connectivity index (χ0) is 14.7. The minimum absolute atomic E-state index is 0.0571. The maximum Gasteiger partial charge on any atom is 0.320 e. The molecule has 0 unspecified atom stereocenters. The molecule has 1 fully saturated rings. The number of thiophene rings is 1. The number of piperidine rings is 1. The van der Waals surface area contributed by atoms with Crippen LogP contribution in [0.5, 0.6) is 0 Å². The van der Waals surface area contributed by atoms with Crippen LogP contribution in [0.25, 0.3) is 0 Å². The van der Waals surface area contributed by atoms with Crippen LogP contribution in [0.3, 0.4) is 0 Å². The van der Waals surface area contributed by atoms with Crippen LogP contribution in [-0.4, -0.2) is 47.0 Å². The Morgan fingerprint density at radius 1 is 1.45 bits per heavy atom. The lowest BCUT2D eigenvalue weighted by Gasteiger charge is -2.33. The van der Waals surface area contributed by atoms with Gasteiger partial charge in [-0.1, -0.05) is 11.6 Å². The lowest BCUT2D eigenvalue weighted by Crippen LogP contribution is -2.45. The van der Waals surface area contributed by atoms with Gasteiger partial charge in [-0.2, -0.15) is 0 Å². The van der Waals surface area contributed by atoms with Crippen molar-refractivity contribution in [3.8, 4) is 0 Å². The van der Waals surface area contributed by atoms with Crippen molar-refractivity contribution < 1.29 is 14.7 Å². The van der Waals surface area contributed by atoms with Gasteiger partial charge in [-0.05, 0) is 25.0 Å². The molecule has 2 rings (SSSR count). The van der Waals surface area contributed by atoms with E-state index in [-0.39, 0.29) is 11.9 Å². The molecule has 0 aliphatic carbocycles. The third kappa shape index (κ3) is 3.64. The van der Waals surface area contributed by atoms with Gasteiger partial charge in [0.1, 0.15) is 0 Å². The number of halogens is 1. The summed E-state index contributed by atoms with van der Waals surface area (Å²) in [5.74, 6) is -1.08. The normalized spacial score (nSPS) is 16.2. The number of carboxylic acid groups (broad SMARTS) is 1. The van der Waals surface area contributed by atoms with E-state index in [9.17, 15) is 9.59 Å². The van der Waals surface area contributed by atoms with Crippen LogP contribution in [0.1, 0.15) is 17.7 Å². The van der Waals surface area contributed by atoms with Crippen LogP contribution in [0.4, 0.5) is 4.79 Å². The van der Waals surface area contributed by atoms with Gasteiger partial charge in [0.15, 0.2) is 0 Å². The first-order valence-electron chi connectivity index (χ1n) is 6.44. The Kier molecular flexibility index (Phi) is 4.88. The highest BCUT2D eigenvalue weighted by Gasteiger charge is 2.28. The van der Waals surface area contributed by atoms with Crippen molar-refractivity contribution in [2.24, 2.45) is 5.92 Å². The summed E-state index contributed by atoms with van der Waals surface area (Å²) >= 11 is 7.33. The first-order chi connectivity index (χ1) is 9.47. The third-order valence-electron chi connectivity index (χ3n) is 3.46. The molecule has 0 spiro atoms. The van der Waals surface area contributed by atoms with Crippen molar-refractivity contribution in [3.63, 3.8) is 0 Å². The van der Waals surface area contributed by atoms with Crippen molar-refractivity contribution in [2.75, 3.05) is 20.1 Å². The monoisotopic (exact) mass is 316 g/mol. The molecule has 110 valence electrons. The van der Waals surface area contributed by atoms with Crippen LogP contribution in [-0.2, 0) is 11.3 Å². The zero-order valence-electron chi connectivity index (χ0n) is 11.2. The average Bonchev–Trinajstić information content (AvgIpc) is 2.83. The Morgan fingerprint density at radius 3 is 2.60 bits per heavy atom. The van der Waals surface area contributed by atoms with Crippen molar-refractivity contribution >= 4 is 34.9 Å². The number of carbonyl (C=O) groups excluding carboxylic acids is 1. The molecule has 1 aromatic rings. The van der Waals surface area contributed by atoms with Crippen molar-refractivity contribution in [3.05, 3.63) is 21.3 Å². The minimum Gasteiger partial charge on any atom is -0.481 e. The lowest BCUT2D eigenvalue weighted by atomic mass is 9.97. The summed E-state index contributed by atoms with van der Waals surface area (Å²) in [6.45, 7) is 1.53. The summed E-state index contributed by atoms with van der Waals surface area (Å²) in [6.07, 6.45) is 1.06. The Bertz CT molecular complexity index is 498. The molecule has 0 saturated carbocycles. The molecule has 1 aliphatic rings. The highest BCUT2D eigenvalue weighted by atomic mass is 35.5. The minimum atomic E-state index is -0.765. The van der Waals surface area contributed by atoms with Gasteiger partial charge in [-0.15, -0.1) is 11.3 Å². The van der Waals surface area contributed by atoms with Crippen LogP contribution in [0, 0.1) is 5.92 Å². The largest absolute Gasteiger partial charge is 0.481 e. The fraction of sp³-hybridized carbons (Fsp3) is 0.538. The van der Waals surface area contributed by atoms with E-state index in [1.807, 2.05) is 12.1 Å². The van der Waals surface area contributed by atoms with Crippen LogP contribution in [0.15, 0.2) is 12.1 Å². The number of nitrogens with zero attached hydrogens (tertiary/aromatic N) is 2. The van der Waals surface area contributed by atoms with E-state index in [1.54, 1.807) is 16.8 Å². The topological polar surface area (TPSA) is 60.9 Å². The molecule has 0 radical (unpaired) electrons. The number of aliphatic carboxylic acids is 1. The summed E-state index contributed by atoms with van der Waals surface area (Å²) in [6, 6.07) is 3.67.